The topological polar surface area (TPSA) is 64.6 Å². The lowest BCUT2D eigenvalue weighted by atomic mass is 10.1. The van der Waals surface area contributed by atoms with Crippen molar-refractivity contribution in [1.29, 1.82) is 0 Å². The fourth-order valence-corrected chi connectivity index (χ4v) is 2.81. The van der Waals surface area contributed by atoms with Gasteiger partial charge in [0.25, 0.3) is 5.91 Å². The molecule has 0 aliphatic carbocycles. The molecule has 0 fully saturated rings. The fraction of sp³-hybridized carbons (Fsp3) is 0.300. The average molecular weight is 376 g/mol. The van der Waals surface area contributed by atoms with Crippen molar-refractivity contribution in [2.45, 2.75) is 27.2 Å². The number of aldehydes is 1. The van der Waals surface area contributed by atoms with Crippen LogP contribution in [0.15, 0.2) is 30.3 Å². The maximum atomic E-state index is 12.2. The van der Waals surface area contributed by atoms with Gasteiger partial charge in [-0.15, -0.1) is 0 Å². The molecule has 0 aliphatic rings. The standard InChI is InChI=1S/C20H22ClNO4/c1-4-7-25-16-6-5-15(11-23)18(10-16)26-12-19(24)22-20-14(3)8-13(2)9-17(20)21/h5-6,8-11H,4,7,12H2,1-3H3,(H,22,24). The first-order chi connectivity index (χ1) is 12.4. The minimum atomic E-state index is -0.365. The molecule has 2 aromatic rings. The van der Waals surface area contributed by atoms with Crippen LogP contribution in [0.25, 0.3) is 0 Å². The van der Waals surface area contributed by atoms with Gasteiger partial charge in [0.1, 0.15) is 11.5 Å². The first kappa shape index (κ1) is 19.8. The number of halogens is 1. The third-order valence-corrected chi connectivity index (χ3v) is 3.94. The number of carbonyl (C=O) groups is 2. The molecule has 6 heteroatoms. The van der Waals surface area contributed by atoms with Crippen LogP contribution in [0.4, 0.5) is 5.69 Å². The van der Waals surface area contributed by atoms with Crippen molar-refractivity contribution in [3.63, 3.8) is 0 Å². The molecule has 138 valence electrons. The lowest BCUT2D eigenvalue weighted by Gasteiger charge is -2.13. The van der Waals surface area contributed by atoms with E-state index in [1.807, 2.05) is 26.8 Å². The highest BCUT2D eigenvalue weighted by molar-refractivity contribution is 6.34. The highest BCUT2D eigenvalue weighted by Crippen LogP contribution is 2.28. The first-order valence-corrected chi connectivity index (χ1v) is 8.73. The molecule has 0 atom stereocenters. The van der Waals surface area contributed by atoms with Gasteiger partial charge in [-0.05, 0) is 49.6 Å². The van der Waals surface area contributed by atoms with Gasteiger partial charge in [-0.3, -0.25) is 9.59 Å². The zero-order valence-electron chi connectivity index (χ0n) is 15.1. The van der Waals surface area contributed by atoms with Crippen molar-refractivity contribution >= 4 is 29.5 Å². The summed E-state index contributed by atoms with van der Waals surface area (Å²) in [4.78, 5) is 23.4. The van der Waals surface area contributed by atoms with Crippen LogP contribution in [0.5, 0.6) is 11.5 Å². The number of hydrogen-bond donors (Lipinski definition) is 1. The van der Waals surface area contributed by atoms with Gasteiger partial charge in [0, 0.05) is 6.07 Å². The molecule has 26 heavy (non-hydrogen) atoms. The van der Waals surface area contributed by atoms with Gasteiger partial charge in [0.05, 0.1) is 22.9 Å². The number of ether oxygens (including phenoxy) is 2. The summed E-state index contributed by atoms with van der Waals surface area (Å²) >= 11 is 6.19. The van der Waals surface area contributed by atoms with E-state index in [9.17, 15) is 9.59 Å². The molecule has 0 heterocycles. The van der Waals surface area contributed by atoms with E-state index in [2.05, 4.69) is 5.32 Å². The first-order valence-electron chi connectivity index (χ1n) is 8.36. The van der Waals surface area contributed by atoms with Gasteiger partial charge < -0.3 is 14.8 Å². The molecule has 1 amide bonds. The lowest BCUT2D eigenvalue weighted by Crippen LogP contribution is -2.21. The van der Waals surface area contributed by atoms with E-state index in [1.54, 1.807) is 24.3 Å². The molecular formula is C20H22ClNO4. The smallest absolute Gasteiger partial charge is 0.262 e. The second-order valence-corrected chi connectivity index (χ2v) is 6.35. The molecule has 0 radical (unpaired) electrons. The minimum Gasteiger partial charge on any atom is -0.493 e. The summed E-state index contributed by atoms with van der Waals surface area (Å²) in [6, 6.07) is 8.62. The highest BCUT2D eigenvalue weighted by atomic mass is 35.5. The summed E-state index contributed by atoms with van der Waals surface area (Å²) in [5, 5.41) is 3.22. The third kappa shape index (κ3) is 5.23. The summed E-state index contributed by atoms with van der Waals surface area (Å²) in [5.74, 6) is 0.524. The number of rotatable bonds is 8. The molecule has 2 rings (SSSR count). The van der Waals surface area contributed by atoms with Crippen LogP contribution in [-0.4, -0.2) is 25.4 Å². The normalized spacial score (nSPS) is 10.3. The third-order valence-electron chi connectivity index (χ3n) is 3.64. The Morgan fingerprint density at radius 1 is 1.19 bits per heavy atom. The minimum absolute atomic E-state index is 0.248. The number of aryl methyl sites for hydroxylation is 2. The SMILES string of the molecule is CCCOc1ccc(C=O)c(OCC(=O)Nc2c(C)cc(C)cc2Cl)c1. The second-order valence-electron chi connectivity index (χ2n) is 5.94. The van der Waals surface area contributed by atoms with Gasteiger partial charge in [-0.2, -0.15) is 0 Å². The van der Waals surface area contributed by atoms with Crippen LogP contribution in [-0.2, 0) is 4.79 Å². The number of anilines is 1. The van der Waals surface area contributed by atoms with E-state index >= 15 is 0 Å². The summed E-state index contributed by atoms with van der Waals surface area (Å²) in [6.45, 7) is 6.11. The number of nitrogens with one attached hydrogen (secondary N) is 1. The summed E-state index contributed by atoms with van der Waals surface area (Å²) in [5.41, 5.74) is 2.79. The Labute approximate surface area is 158 Å². The maximum Gasteiger partial charge on any atom is 0.262 e. The van der Waals surface area contributed by atoms with Crippen molar-refractivity contribution in [1.82, 2.24) is 0 Å². The van der Waals surface area contributed by atoms with Gasteiger partial charge in [0.15, 0.2) is 12.9 Å². The van der Waals surface area contributed by atoms with Crippen LogP contribution in [0, 0.1) is 13.8 Å². The predicted molar refractivity (Wildman–Crippen MR) is 103 cm³/mol. The molecule has 0 aliphatic heterocycles. The van der Waals surface area contributed by atoms with E-state index in [0.29, 0.717) is 40.7 Å². The van der Waals surface area contributed by atoms with Crippen molar-refractivity contribution in [3.05, 3.63) is 52.0 Å². The van der Waals surface area contributed by atoms with Crippen molar-refractivity contribution < 1.29 is 19.1 Å². The Morgan fingerprint density at radius 2 is 1.96 bits per heavy atom. The lowest BCUT2D eigenvalue weighted by molar-refractivity contribution is -0.118. The van der Waals surface area contributed by atoms with Crippen LogP contribution in [0.1, 0.15) is 34.8 Å². The van der Waals surface area contributed by atoms with E-state index < -0.39 is 0 Å². The molecule has 0 unspecified atom stereocenters. The molecule has 1 N–H and O–H groups in total. The Bertz CT molecular complexity index is 781. The Kier molecular flexibility index (Phi) is 7.04. The van der Waals surface area contributed by atoms with Crippen LogP contribution in [0.3, 0.4) is 0 Å². The van der Waals surface area contributed by atoms with Gasteiger partial charge >= 0.3 is 0 Å². The van der Waals surface area contributed by atoms with Gasteiger partial charge in [-0.25, -0.2) is 0 Å². The van der Waals surface area contributed by atoms with E-state index in [-0.39, 0.29) is 12.5 Å². The maximum absolute atomic E-state index is 12.2. The Balaban J connectivity index is 2.06. The largest absolute Gasteiger partial charge is 0.493 e. The van der Waals surface area contributed by atoms with Crippen molar-refractivity contribution in [3.8, 4) is 11.5 Å². The molecular weight excluding hydrogens is 354 g/mol. The number of carbonyl (C=O) groups excluding carboxylic acids is 2. The predicted octanol–water partition coefficient (Wildman–Crippen LogP) is 4.58. The average Bonchev–Trinajstić information content (AvgIpc) is 2.61. The molecule has 0 bridgehead atoms. The number of amides is 1. The zero-order valence-corrected chi connectivity index (χ0v) is 15.9. The molecule has 0 aromatic heterocycles. The summed E-state index contributed by atoms with van der Waals surface area (Å²) < 4.78 is 11.0. The zero-order chi connectivity index (χ0) is 19.1. The molecule has 0 spiro atoms. The molecule has 5 nitrogen and oxygen atoms in total. The van der Waals surface area contributed by atoms with Gasteiger partial charge in [-0.1, -0.05) is 24.6 Å². The van der Waals surface area contributed by atoms with E-state index in [4.69, 9.17) is 21.1 Å². The van der Waals surface area contributed by atoms with Crippen LogP contribution < -0.4 is 14.8 Å². The van der Waals surface area contributed by atoms with Crippen molar-refractivity contribution in [2.24, 2.45) is 0 Å². The van der Waals surface area contributed by atoms with E-state index in [0.717, 1.165) is 17.5 Å². The number of hydrogen-bond acceptors (Lipinski definition) is 4. The molecule has 0 saturated carbocycles. The van der Waals surface area contributed by atoms with Crippen LogP contribution >= 0.6 is 11.6 Å². The summed E-state index contributed by atoms with van der Waals surface area (Å²) in [7, 11) is 0. The van der Waals surface area contributed by atoms with Crippen LogP contribution in [0.2, 0.25) is 5.02 Å². The number of benzene rings is 2. The Hall–Kier alpha value is -2.53. The van der Waals surface area contributed by atoms with Gasteiger partial charge in [0.2, 0.25) is 0 Å². The molecule has 2 aromatic carbocycles. The monoisotopic (exact) mass is 375 g/mol. The van der Waals surface area contributed by atoms with Crippen molar-refractivity contribution in [2.75, 3.05) is 18.5 Å². The quantitative estimate of drug-likeness (QED) is 0.686. The second kappa shape index (κ2) is 9.25. The Morgan fingerprint density at radius 3 is 2.62 bits per heavy atom. The highest BCUT2D eigenvalue weighted by Gasteiger charge is 2.12. The fourth-order valence-electron chi connectivity index (χ4n) is 2.44. The molecule has 0 saturated heterocycles. The van der Waals surface area contributed by atoms with E-state index in [1.165, 1.54) is 0 Å². The summed E-state index contributed by atoms with van der Waals surface area (Å²) in [6.07, 6.45) is 1.54.